The van der Waals surface area contributed by atoms with Crippen molar-refractivity contribution in [2.75, 3.05) is 7.11 Å². The molecule has 1 amide bonds. The van der Waals surface area contributed by atoms with Crippen LogP contribution in [0.1, 0.15) is 27.7 Å². The first-order valence-electron chi connectivity index (χ1n) is 4.92. The minimum absolute atomic E-state index is 0.481. The van der Waals surface area contributed by atoms with Crippen molar-refractivity contribution in [2.24, 2.45) is 0 Å². The molecule has 0 radical (unpaired) electrons. The molecular weight excluding hydrogens is 214 g/mol. The highest BCUT2D eigenvalue weighted by molar-refractivity contribution is 5.80. The first-order chi connectivity index (χ1) is 7.17. The lowest BCUT2D eigenvalue weighted by atomic mass is 10.1. The molecule has 0 aromatic rings. The summed E-state index contributed by atoms with van der Waals surface area (Å²) >= 11 is 0. The van der Waals surface area contributed by atoms with E-state index in [0.29, 0.717) is 0 Å². The van der Waals surface area contributed by atoms with Crippen LogP contribution in [0.5, 0.6) is 0 Å². The highest BCUT2D eigenvalue weighted by atomic mass is 16.5. The van der Waals surface area contributed by atoms with E-state index in [1.165, 1.54) is 7.11 Å². The number of carbonyl (C=O) groups is 2. The number of amides is 1. The molecule has 2 unspecified atom stereocenters. The van der Waals surface area contributed by atoms with E-state index in [4.69, 9.17) is 9.84 Å². The topological polar surface area (TPSA) is 84.9 Å². The fourth-order valence-electron chi connectivity index (χ4n) is 1.19. The maximum Gasteiger partial charge on any atom is 0.407 e. The predicted octanol–water partition coefficient (Wildman–Crippen LogP) is 0.999. The van der Waals surface area contributed by atoms with E-state index in [1.807, 2.05) is 0 Å². The van der Waals surface area contributed by atoms with E-state index in [2.05, 4.69) is 10.1 Å². The SMILES string of the molecule is COC(=O)NC(C(=O)O)C(C)OC(C)(C)C. The largest absolute Gasteiger partial charge is 0.480 e. The van der Waals surface area contributed by atoms with Gasteiger partial charge in [0.15, 0.2) is 6.04 Å². The summed E-state index contributed by atoms with van der Waals surface area (Å²) < 4.78 is 9.80. The van der Waals surface area contributed by atoms with Crippen LogP contribution in [-0.2, 0) is 14.3 Å². The number of methoxy groups -OCH3 is 1. The normalized spacial score (nSPS) is 15.1. The number of carboxylic acids is 1. The van der Waals surface area contributed by atoms with Crippen LogP contribution >= 0.6 is 0 Å². The van der Waals surface area contributed by atoms with Crippen LogP contribution in [-0.4, -0.2) is 42.0 Å². The lowest BCUT2D eigenvalue weighted by Crippen LogP contribution is -2.50. The zero-order valence-electron chi connectivity index (χ0n) is 10.2. The number of ether oxygens (including phenoxy) is 2. The molecule has 0 aromatic carbocycles. The quantitative estimate of drug-likeness (QED) is 0.756. The minimum atomic E-state index is -1.16. The van der Waals surface area contributed by atoms with E-state index in [-0.39, 0.29) is 0 Å². The smallest absolute Gasteiger partial charge is 0.407 e. The van der Waals surface area contributed by atoms with Crippen molar-refractivity contribution in [3.63, 3.8) is 0 Å². The van der Waals surface area contributed by atoms with Crippen molar-refractivity contribution >= 4 is 12.1 Å². The van der Waals surface area contributed by atoms with Crippen molar-refractivity contribution < 1.29 is 24.2 Å². The summed E-state index contributed by atoms with van der Waals surface area (Å²) in [5.74, 6) is -1.16. The molecule has 0 aliphatic rings. The molecule has 94 valence electrons. The van der Waals surface area contributed by atoms with Gasteiger partial charge in [-0.1, -0.05) is 0 Å². The predicted molar refractivity (Wildman–Crippen MR) is 57.3 cm³/mol. The Morgan fingerprint density at radius 3 is 2.12 bits per heavy atom. The van der Waals surface area contributed by atoms with Gasteiger partial charge < -0.3 is 19.9 Å². The number of carboxylic acid groups (broad SMARTS) is 1. The monoisotopic (exact) mass is 233 g/mol. The van der Waals surface area contributed by atoms with Gasteiger partial charge in [0, 0.05) is 0 Å². The summed E-state index contributed by atoms with van der Waals surface area (Å²) in [6, 6.07) is -1.13. The Hall–Kier alpha value is -1.30. The van der Waals surface area contributed by atoms with Gasteiger partial charge in [-0.25, -0.2) is 9.59 Å². The van der Waals surface area contributed by atoms with Crippen molar-refractivity contribution in [3.8, 4) is 0 Å². The molecule has 2 atom stereocenters. The van der Waals surface area contributed by atoms with Gasteiger partial charge in [-0.05, 0) is 27.7 Å². The van der Waals surface area contributed by atoms with E-state index in [0.717, 1.165) is 0 Å². The molecule has 0 saturated carbocycles. The maximum absolute atomic E-state index is 10.9. The molecule has 0 saturated heterocycles. The molecule has 16 heavy (non-hydrogen) atoms. The summed E-state index contributed by atoms with van der Waals surface area (Å²) in [7, 11) is 1.17. The van der Waals surface area contributed by atoms with E-state index in [1.54, 1.807) is 27.7 Å². The molecule has 0 fully saturated rings. The van der Waals surface area contributed by atoms with Gasteiger partial charge in [-0.15, -0.1) is 0 Å². The van der Waals surface area contributed by atoms with Crippen molar-refractivity contribution in [3.05, 3.63) is 0 Å². The lowest BCUT2D eigenvalue weighted by Gasteiger charge is -2.28. The van der Waals surface area contributed by atoms with Crippen LogP contribution in [0.2, 0.25) is 0 Å². The third-order valence-corrected chi connectivity index (χ3v) is 1.73. The van der Waals surface area contributed by atoms with Gasteiger partial charge >= 0.3 is 12.1 Å². The second-order valence-electron chi connectivity index (χ2n) is 4.39. The van der Waals surface area contributed by atoms with Gasteiger partial charge in [0.1, 0.15) is 0 Å². The molecule has 0 aliphatic heterocycles. The van der Waals surface area contributed by atoms with E-state index >= 15 is 0 Å². The Kier molecular flexibility index (Phi) is 5.23. The summed E-state index contributed by atoms with van der Waals surface area (Å²) in [6.45, 7) is 7.00. The zero-order chi connectivity index (χ0) is 12.9. The van der Waals surface area contributed by atoms with Crippen LogP contribution in [0.4, 0.5) is 4.79 Å². The average molecular weight is 233 g/mol. The molecular formula is C10H19NO5. The van der Waals surface area contributed by atoms with Gasteiger partial charge in [-0.3, -0.25) is 0 Å². The summed E-state index contributed by atoms with van der Waals surface area (Å²) in [5.41, 5.74) is -0.481. The second kappa shape index (κ2) is 5.69. The van der Waals surface area contributed by atoms with Gasteiger partial charge in [0.05, 0.1) is 18.8 Å². The number of hydrogen-bond acceptors (Lipinski definition) is 4. The molecule has 6 nitrogen and oxygen atoms in total. The highest BCUT2D eigenvalue weighted by Crippen LogP contribution is 2.13. The third-order valence-electron chi connectivity index (χ3n) is 1.73. The minimum Gasteiger partial charge on any atom is -0.480 e. The Bertz CT molecular complexity index is 258. The molecule has 0 aromatic heterocycles. The second-order valence-corrected chi connectivity index (χ2v) is 4.39. The summed E-state index contributed by atoms with van der Waals surface area (Å²) in [5, 5.41) is 11.1. The first kappa shape index (κ1) is 14.7. The number of carbonyl (C=O) groups excluding carboxylic acids is 1. The van der Waals surface area contributed by atoms with Crippen LogP contribution in [0.15, 0.2) is 0 Å². The Morgan fingerprint density at radius 2 is 1.81 bits per heavy atom. The van der Waals surface area contributed by atoms with Crippen LogP contribution in [0.25, 0.3) is 0 Å². The maximum atomic E-state index is 10.9. The molecule has 2 N–H and O–H groups in total. The number of hydrogen-bond donors (Lipinski definition) is 2. The van der Waals surface area contributed by atoms with E-state index < -0.39 is 29.8 Å². The standard InChI is InChI=1S/C10H19NO5/c1-6(16-10(2,3)4)7(8(12)13)11-9(14)15-5/h6-7H,1-5H3,(H,11,14)(H,12,13). The van der Waals surface area contributed by atoms with Crippen LogP contribution < -0.4 is 5.32 Å². The Morgan fingerprint density at radius 1 is 1.31 bits per heavy atom. The van der Waals surface area contributed by atoms with Crippen molar-refractivity contribution in [1.29, 1.82) is 0 Å². The third kappa shape index (κ3) is 5.55. The van der Waals surface area contributed by atoms with Gasteiger partial charge in [0.25, 0.3) is 0 Å². The average Bonchev–Trinajstić information content (AvgIpc) is 2.09. The van der Waals surface area contributed by atoms with E-state index in [9.17, 15) is 9.59 Å². The van der Waals surface area contributed by atoms with Crippen LogP contribution in [0.3, 0.4) is 0 Å². The number of nitrogens with one attached hydrogen (secondary N) is 1. The van der Waals surface area contributed by atoms with Crippen molar-refractivity contribution in [2.45, 2.75) is 45.4 Å². The summed E-state index contributed by atoms with van der Waals surface area (Å²) in [4.78, 5) is 21.9. The number of aliphatic carboxylic acids is 1. The molecule has 0 rings (SSSR count). The Labute approximate surface area is 94.9 Å². The molecule has 6 heteroatoms. The molecule has 0 spiro atoms. The van der Waals surface area contributed by atoms with Crippen LogP contribution in [0, 0.1) is 0 Å². The van der Waals surface area contributed by atoms with Gasteiger partial charge in [-0.2, -0.15) is 0 Å². The lowest BCUT2D eigenvalue weighted by molar-refractivity contribution is -0.147. The first-order valence-corrected chi connectivity index (χ1v) is 4.92. The molecule has 0 bridgehead atoms. The number of rotatable bonds is 4. The molecule has 0 heterocycles. The van der Waals surface area contributed by atoms with Gasteiger partial charge in [0.2, 0.25) is 0 Å². The highest BCUT2D eigenvalue weighted by Gasteiger charge is 2.30. The Balaban J connectivity index is 4.53. The zero-order valence-corrected chi connectivity index (χ0v) is 10.2. The fourth-order valence-corrected chi connectivity index (χ4v) is 1.19. The number of alkyl carbamates (subject to hydrolysis) is 1. The van der Waals surface area contributed by atoms with Crippen molar-refractivity contribution in [1.82, 2.24) is 5.32 Å². The fraction of sp³-hybridized carbons (Fsp3) is 0.800. The summed E-state index contributed by atoms with van der Waals surface area (Å²) in [6.07, 6.45) is -1.45. The molecule has 0 aliphatic carbocycles.